The lowest BCUT2D eigenvalue weighted by molar-refractivity contribution is 0.360. The van der Waals surface area contributed by atoms with E-state index in [4.69, 9.17) is 0 Å². The zero-order valence-corrected chi connectivity index (χ0v) is 11.8. The van der Waals surface area contributed by atoms with E-state index in [1.807, 2.05) is 0 Å². The van der Waals surface area contributed by atoms with Crippen molar-refractivity contribution in [3.05, 3.63) is 34.4 Å². The number of likely N-dealkylation sites (N-methyl/N-ethyl adjacent to an activating group) is 1. The van der Waals surface area contributed by atoms with E-state index in [0.29, 0.717) is 0 Å². The Hall–Kier alpha value is -0.470. The minimum absolute atomic E-state index is 0.933. The largest absolute Gasteiger partial charge is 0.305 e. The Labute approximate surface area is 105 Å². The van der Waals surface area contributed by atoms with Crippen molar-refractivity contribution >= 4 is 12.6 Å². The number of hydrogen-bond donors (Lipinski definition) is 1. The van der Waals surface area contributed by atoms with Crippen LogP contribution >= 0.6 is 12.6 Å². The summed E-state index contributed by atoms with van der Waals surface area (Å²) in [4.78, 5) is 2.34. The summed E-state index contributed by atoms with van der Waals surface area (Å²) in [6, 6.07) is 4.56. The van der Waals surface area contributed by atoms with Crippen LogP contribution in [0.4, 0.5) is 0 Å². The van der Waals surface area contributed by atoms with Crippen LogP contribution in [0.5, 0.6) is 0 Å². The molecule has 16 heavy (non-hydrogen) atoms. The van der Waals surface area contributed by atoms with Gasteiger partial charge in [0.25, 0.3) is 0 Å². The molecule has 0 aliphatic carbocycles. The third-order valence-electron chi connectivity index (χ3n) is 3.07. The maximum absolute atomic E-state index is 4.25. The van der Waals surface area contributed by atoms with Gasteiger partial charge >= 0.3 is 0 Å². The van der Waals surface area contributed by atoms with Crippen molar-refractivity contribution in [2.24, 2.45) is 0 Å². The fourth-order valence-electron chi connectivity index (χ4n) is 2.19. The van der Waals surface area contributed by atoms with Crippen molar-refractivity contribution in [3.8, 4) is 0 Å². The summed E-state index contributed by atoms with van der Waals surface area (Å²) in [6.45, 7) is 8.77. The highest BCUT2D eigenvalue weighted by Gasteiger charge is 2.05. The molecule has 0 unspecified atom stereocenters. The van der Waals surface area contributed by atoms with Crippen LogP contribution in [-0.2, 0) is 6.42 Å². The van der Waals surface area contributed by atoms with Gasteiger partial charge in [-0.2, -0.15) is 12.6 Å². The lowest BCUT2D eigenvalue weighted by Gasteiger charge is -2.17. The summed E-state index contributed by atoms with van der Waals surface area (Å²) >= 11 is 4.25. The van der Waals surface area contributed by atoms with Crippen molar-refractivity contribution in [3.63, 3.8) is 0 Å². The van der Waals surface area contributed by atoms with Gasteiger partial charge in [0.15, 0.2) is 0 Å². The molecule has 2 heteroatoms. The summed E-state index contributed by atoms with van der Waals surface area (Å²) in [6.07, 6.45) is 1.14. The molecule has 0 saturated heterocycles. The normalized spacial score (nSPS) is 11.1. The molecule has 0 atom stereocenters. The third kappa shape index (κ3) is 3.84. The van der Waals surface area contributed by atoms with Gasteiger partial charge in [-0.1, -0.05) is 17.7 Å². The Bertz CT molecular complexity index is 324. The lowest BCUT2D eigenvalue weighted by Crippen LogP contribution is -2.23. The number of hydrogen-bond acceptors (Lipinski definition) is 2. The van der Waals surface area contributed by atoms with Crippen molar-refractivity contribution in [2.75, 3.05) is 25.9 Å². The summed E-state index contributed by atoms with van der Waals surface area (Å²) in [5.74, 6) is 0.933. The highest BCUT2D eigenvalue weighted by atomic mass is 32.1. The van der Waals surface area contributed by atoms with E-state index < -0.39 is 0 Å². The number of thiol groups is 1. The molecule has 0 N–H and O–H groups in total. The number of rotatable bonds is 5. The summed E-state index contributed by atoms with van der Waals surface area (Å²) in [7, 11) is 2.16. The Morgan fingerprint density at radius 2 is 1.62 bits per heavy atom. The first-order valence-corrected chi connectivity index (χ1v) is 6.54. The van der Waals surface area contributed by atoms with Crippen LogP contribution in [0.1, 0.15) is 22.3 Å². The highest BCUT2D eigenvalue weighted by Crippen LogP contribution is 2.17. The van der Waals surface area contributed by atoms with Crippen molar-refractivity contribution in [2.45, 2.75) is 27.2 Å². The molecule has 0 aromatic heterocycles. The molecule has 1 aromatic carbocycles. The van der Waals surface area contributed by atoms with Crippen LogP contribution in [0.2, 0.25) is 0 Å². The van der Waals surface area contributed by atoms with Crippen LogP contribution in [0.15, 0.2) is 12.1 Å². The van der Waals surface area contributed by atoms with Gasteiger partial charge < -0.3 is 4.90 Å². The predicted molar refractivity (Wildman–Crippen MR) is 75.7 cm³/mol. The summed E-state index contributed by atoms with van der Waals surface area (Å²) in [5.41, 5.74) is 5.73. The highest BCUT2D eigenvalue weighted by molar-refractivity contribution is 7.80. The average molecular weight is 237 g/mol. The number of aryl methyl sites for hydroxylation is 3. The number of benzene rings is 1. The van der Waals surface area contributed by atoms with Crippen LogP contribution in [0, 0.1) is 20.8 Å². The number of nitrogens with zero attached hydrogens (tertiary/aromatic N) is 1. The maximum Gasteiger partial charge on any atom is 0.00669 e. The molecule has 0 amide bonds. The van der Waals surface area contributed by atoms with E-state index >= 15 is 0 Å². The monoisotopic (exact) mass is 237 g/mol. The van der Waals surface area contributed by atoms with E-state index in [1.165, 1.54) is 22.3 Å². The molecule has 1 rings (SSSR count). The third-order valence-corrected chi connectivity index (χ3v) is 3.27. The average Bonchev–Trinajstić information content (AvgIpc) is 2.16. The SMILES string of the molecule is Cc1cc(C)c(CCN(C)CCS)c(C)c1. The van der Waals surface area contributed by atoms with E-state index in [9.17, 15) is 0 Å². The first-order chi connectivity index (χ1) is 7.54. The molecular weight excluding hydrogens is 214 g/mol. The van der Waals surface area contributed by atoms with Crippen molar-refractivity contribution < 1.29 is 0 Å². The second-order valence-electron chi connectivity index (χ2n) is 4.65. The second kappa shape index (κ2) is 6.31. The van der Waals surface area contributed by atoms with E-state index in [0.717, 1.165) is 25.3 Å². The van der Waals surface area contributed by atoms with Gasteiger partial charge in [-0.05, 0) is 50.9 Å². The van der Waals surface area contributed by atoms with Gasteiger partial charge in [-0.25, -0.2) is 0 Å². The summed E-state index contributed by atoms with van der Waals surface area (Å²) < 4.78 is 0. The topological polar surface area (TPSA) is 3.24 Å². The van der Waals surface area contributed by atoms with Crippen LogP contribution < -0.4 is 0 Å². The van der Waals surface area contributed by atoms with Gasteiger partial charge in [-0.15, -0.1) is 0 Å². The smallest absolute Gasteiger partial charge is 0.00669 e. The summed E-state index contributed by atoms with van der Waals surface area (Å²) in [5, 5.41) is 0. The standard InChI is InChI=1S/C14H23NS/c1-11-9-12(2)14(13(3)10-11)5-6-15(4)7-8-16/h9-10,16H,5-8H2,1-4H3. The molecule has 0 aliphatic rings. The Morgan fingerprint density at radius 1 is 1.06 bits per heavy atom. The molecule has 0 fully saturated rings. The Kier molecular flexibility index (Phi) is 5.36. The molecule has 90 valence electrons. The molecule has 0 heterocycles. The maximum atomic E-state index is 4.25. The Morgan fingerprint density at radius 3 is 2.12 bits per heavy atom. The van der Waals surface area contributed by atoms with Crippen LogP contribution in [-0.4, -0.2) is 30.8 Å². The van der Waals surface area contributed by atoms with Gasteiger partial charge in [0.1, 0.15) is 0 Å². The minimum Gasteiger partial charge on any atom is -0.305 e. The molecule has 1 nitrogen and oxygen atoms in total. The molecule has 0 spiro atoms. The molecule has 0 aliphatic heterocycles. The second-order valence-corrected chi connectivity index (χ2v) is 5.10. The zero-order valence-electron chi connectivity index (χ0n) is 10.9. The van der Waals surface area contributed by atoms with Gasteiger partial charge in [-0.3, -0.25) is 0 Å². The van der Waals surface area contributed by atoms with Gasteiger partial charge in [0.2, 0.25) is 0 Å². The van der Waals surface area contributed by atoms with Gasteiger partial charge in [0.05, 0.1) is 0 Å². The molecule has 0 radical (unpaired) electrons. The quantitative estimate of drug-likeness (QED) is 0.771. The van der Waals surface area contributed by atoms with E-state index in [2.05, 4.69) is 57.5 Å². The first-order valence-electron chi connectivity index (χ1n) is 5.90. The fourth-order valence-corrected chi connectivity index (χ4v) is 2.53. The Balaban J connectivity index is 2.67. The zero-order chi connectivity index (χ0) is 12.1. The van der Waals surface area contributed by atoms with E-state index in [-0.39, 0.29) is 0 Å². The van der Waals surface area contributed by atoms with E-state index in [1.54, 1.807) is 0 Å². The predicted octanol–water partition coefficient (Wildman–Crippen LogP) is 3.02. The molecule has 0 bridgehead atoms. The molecule has 1 aromatic rings. The molecular formula is C14H23NS. The van der Waals surface area contributed by atoms with Crippen LogP contribution in [0.3, 0.4) is 0 Å². The first kappa shape index (κ1) is 13.6. The van der Waals surface area contributed by atoms with Crippen LogP contribution in [0.25, 0.3) is 0 Å². The van der Waals surface area contributed by atoms with Gasteiger partial charge in [0, 0.05) is 18.8 Å². The van der Waals surface area contributed by atoms with Crippen molar-refractivity contribution in [1.29, 1.82) is 0 Å². The van der Waals surface area contributed by atoms with Crippen molar-refractivity contribution in [1.82, 2.24) is 4.90 Å². The lowest BCUT2D eigenvalue weighted by atomic mass is 9.97. The fraction of sp³-hybridized carbons (Fsp3) is 0.571. The minimum atomic E-state index is 0.933. The molecule has 0 saturated carbocycles.